The summed E-state index contributed by atoms with van der Waals surface area (Å²) in [5.74, 6) is -0.643. The lowest BCUT2D eigenvalue weighted by atomic mass is 10.2. The summed E-state index contributed by atoms with van der Waals surface area (Å²) < 4.78 is 0. The Labute approximate surface area is 126 Å². The van der Waals surface area contributed by atoms with E-state index >= 15 is 0 Å². The van der Waals surface area contributed by atoms with Gasteiger partial charge in [0, 0.05) is 0 Å². The summed E-state index contributed by atoms with van der Waals surface area (Å²) in [5.41, 5.74) is 0.962. The van der Waals surface area contributed by atoms with Gasteiger partial charge in [-0.2, -0.15) is 5.06 Å². The second-order valence-electron chi connectivity index (χ2n) is 4.46. The first-order valence-electron chi connectivity index (χ1n) is 6.40. The molecule has 0 bridgehead atoms. The normalized spacial score (nSPS) is 18.3. The number of hydrogen-bond donors (Lipinski definition) is 2. The van der Waals surface area contributed by atoms with Gasteiger partial charge in [0.2, 0.25) is 0 Å². The van der Waals surface area contributed by atoms with Crippen LogP contribution in [0.1, 0.15) is 16.6 Å². The number of allylic oxidation sites excluding steroid dienone is 1. The van der Waals surface area contributed by atoms with Gasteiger partial charge in [-0.25, -0.2) is 0 Å². The molecule has 0 amide bonds. The predicted octanol–water partition coefficient (Wildman–Crippen LogP) is 3.55. The lowest BCUT2D eigenvalue weighted by Gasteiger charge is -2.30. The number of aliphatic imine (C=N–C) groups is 1. The van der Waals surface area contributed by atoms with Crippen LogP contribution in [-0.2, 0) is 11.4 Å². The molecule has 0 saturated carbocycles. The van der Waals surface area contributed by atoms with E-state index in [9.17, 15) is 10.2 Å². The zero-order valence-corrected chi connectivity index (χ0v) is 11.9. The fraction of sp³-hybridized carbons (Fsp3) is 0.133. The molecule has 1 aromatic heterocycles. The van der Waals surface area contributed by atoms with Gasteiger partial charge in [0.05, 0.1) is 11.1 Å². The van der Waals surface area contributed by atoms with E-state index in [4.69, 9.17) is 4.84 Å². The number of hydrogen-bond acceptors (Lipinski definition) is 6. The van der Waals surface area contributed by atoms with Crippen LogP contribution in [0.5, 0.6) is 0 Å². The largest absolute Gasteiger partial charge is 0.502 e. The van der Waals surface area contributed by atoms with Gasteiger partial charge in [-0.05, 0) is 17.0 Å². The van der Waals surface area contributed by atoms with Crippen LogP contribution < -0.4 is 0 Å². The second-order valence-corrected chi connectivity index (χ2v) is 5.44. The maximum atomic E-state index is 10.0. The van der Waals surface area contributed by atoms with Gasteiger partial charge in [0.1, 0.15) is 6.61 Å². The molecule has 1 unspecified atom stereocenters. The molecule has 5 nitrogen and oxygen atoms in total. The molecule has 0 fully saturated rings. The summed E-state index contributed by atoms with van der Waals surface area (Å²) in [6, 6.07) is 13.4. The predicted molar refractivity (Wildman–Crippen MR) is 80.9 cm³/mol. The van der Waals surface area contributed by atoms with Gasteiger partial charge < -0.3 is 10.2 Å². The number of rotatable bonds is 4. The Morgan fingerprint density at radius 1 is 1.14 bits per heavy atom. The van der Waals surface area contributed by atoms with Gasteiger partial charge in [-0.3, -0.25) is 9.83 Å². The number of nitrogens with zero attached hydrogens (tertiary/aromatic N) is 2. The average Bonchev–Trinajstić information content (AvgIpc) is 3.04. The fourth-order valence-corrected chi connectivity index (χ4v) is 2.72. The molecule has 1 aromatic carbocycles. The minimum absolute atomic E-state index is 0.273. The highest BCUT2D eigenvalue weighted by Crippen LogP contribution is 2.32. The maximum Gasteiger partial charge on any atom is 0.258 e. The van der Waals surface area contributed by atoms with Crippen molar-refractivity contribution in [1.82, 2.24) is 5.06 Å². The van der Waals surface area contributed by atoms with Gasteiger partial charge in [0.15, 0.2) is 11.9 Å². The van der Waals surface area contributed by atoms with Crippen LogP contribution in [0.3, 0.4) is 0 Å². The number of aliphatic hydroxyl groups excluding tert-OH is 2. The van der Waals surface area contributed by atoms with Crippen molar-refractivity contribution in [2.75, 3.05) is 0 Å². The van der Waals surface area contributed by atoms with Crippen molar-refractivity contribution >= 4 is 17.6 Å². The number of aliphatic hydroxyl groups is 2. The van der Waals surface area contributed by atoms with Crippen molar-refractivity contribution in [3.05, 3.63) is 69.9 Å². The number of hydroxylamine groups is 2. The van der Waals surface area contributed by atoms with Crippen LogP contribution >= 0.6 is 11.3 Å². The molecule has 2 N–H and O–H groups in total. The van der Waals surface area contributed by atoms with E-state index in [0.717, 1.165) is 10.4 Å². The Morgan fingerprint density at radius 2 is 1.95 bits per heavy atom. The molecule has 108 valence electrons. The van der Waals surface area contributed by atoms with Gasteiger partial charge in [-0.15, -0.1) is 11.3 Å². The Kier molecular flexibility index (Phi) is 3.89. The van der Waals surface area contributed by atoms with Gasteiger partial charge in [0.25, 0.3) is 5.88 Å². The summed E-state index contributed by atoms with van der Waals surface area (Å²) in [4.78, 5) is 10.8. The molecule has 6 heteroatoms. The molecule has 1 aliphatic rings. The molecule has 3 rings (SSSR count). The third-order valence-electron chi connectivity index (χ3n) is 3.01. The quantitative estimate of drug-likeness (QED) is 0.906. The van der Waals surface area contributed by atoms with E-state index in [1.165, 1.54) is 22.6 Å². The SMILES string of the molecule is OC1=C(O)N(OCc2ccccc2)C(c2cccs2)N=C1. The van der Waals surface area contributed by atoms with Crippen molar-refractivity contribution in [2.45, 2.75) is 12.8 Å². The van der Waals surface area contributed by atoms with Crippen LogP contribution in [0.2, 0.25) is 0 Å². The van der Waals surface area contributed by atoms with Gasteiger partial charge >= 0.3 is 0 Å². The van der Waals surface area contributed by atoms with Crippen molar-refractivity contribution in [1.29, 1.82) is 0 Å². The minimum atomic E-state index is -0.496. The molecule has 1 atom stereocenters. The van der Waals surface area contributed by atoms with E-state index in [0.29, 0.717) is 0 Å². The zero-order chi connectivity index (χ0) is 14.7. The molecule has 0 aliphatic carbocycles. The zero-order valence-electron chi connectivity index (χ0n) is 11.1. The van der Waals surface area contributed by atoms with E-state index in [2.05, 4.69) is 4.99 Å². The molecular weight excluding hydrogens is 288 g/mol. The van der Waals surface area contributed by atoms with Crippen LogP contribution in [0.4, 0.5) is 0 Å². The Morgan fingerprint density at radius 3 is 2.67 bits per heavy atom. The average molecular weight is 302 g/mol. The van der Waals surface area contributed by atoms with Crippen molar-refractivity contribution in [2.24, 2.45) is 4.99 Å². The van der Waals surface area contributed by atoms with Gasteiger partial charge in [-0.1, -0.05) is 36.4 Å². The fourth-order valence-electron chi connectivity index (χ4n) is 1.97. The summed E-state index contributed by atoms with van der Waals surface area (Å²) in [6.45, 7) is 0.273. The number of thiophene rings is 1. The van der Waals surface area contributed by atoms with Crippen LogP contribution in [-0.4, -0.2) is 21.5 Å². The summed E-state index contributed by atoms with van der Waals surface area (Å²) in [5, 5.41) is 22.8. The van der Waals surface area contributed by atoms with E-state index in [-0.39, 0.29) is 18.2 Å². The maximum absolute atomic E-state index is 10.0. The molecule has 2 heterocycles. The first-order valence-corrected chi connectivity index (χ1v) is 7.28. The van der Waals surface area contributed by atoms with Crippen molar-refractivity contribution in [3.63, 3.8) is 0 Å². The first-order chi connectivity index (χ1) is 10.3. The standard InChI is InChI=1S/C15H14N2O3S/c18-12-9-16-14(13-7-4-8-21-13)17(15(12)19)20-10-11-5-2-1-3-6-11/h1-9,14,18-19H,10H2. The first kappa shape index (κ1) is 13.7. The molecule has 1 aliphatic heterocycles. The van der Waals surface area contributed by atoms with Crippen LogP contribution in [0, 0.1) is 0 Å². The Balaban J connectivity index is 1.80. The second kappa shape index (κ2) is 5.99. The Bertz CT molecular complexity index is 653. The molecule has 2 aromatic rings. The van der Waals surface area contributed by atoms with Crippen molar-refractivity contribution in [3.8, 4) is 0 Å². The molecule has 21 heavy (non-hydrogen) atoms. The highest BCUT2D eigenvalue weighted by atomic mass is 32.1. The monoisotopic (exact) mass is 302 g/mol. The topological polar surface area (TPSA) is 65.3 Å². The smallest absolute Gasteiger partial charge is 0.258 e. The minimum Gasteiger partial charge on any atom is -0.502 e. The van der Waals surface area contributed by atoms with E-state index in [1.54, 1.807) is 0 Å². The molecule has 0 radical (unpaired) electrons. The molecule has 0 spiro atoms. The van der Waals surface area contributed by atoms with Crippen LogP contribution in [0.25, 0.3) is 0 Å². The highest BCUT2D eigenvalue weighted by Gasteiger charge is 2.29. The van der Waals surface area contributed by atoms with E-state index < -0.39 is 6.17 Å². The number of benzene rings is 1. The highest BCUT2D eigenvalue weighted by molar-refractivity contribution is 7.10. The lowest BCUT2D eigenvalue weighted by molar-refractivity contribution is -0.197. The summed E-state index contributed by atoms with van der Waals surface area (Å²) in [6.07, 6.45) is 0.742. The molecular formula is C15H14N2O3S. The third-order valence-corrected chi connectivity index (χ3v) is 3.92. The van der Waals surface area contributed by atoms with E-state index in [1.807, 2.05) is 47.8 Å². The Hall–Kier alpha value is -2.31. The third kappa shape index (κ3) is 2.91. The lowest BCUT2D eigenvalue weighted by Crippen LogP contribution is -2.31. The van der Waals surface area contributed by atoms with Crippen molar-refractivity contribution < 1.29 is 15.1 Å². The summed E-state index contributed by atoms with van der Waals surface area (Å²) in [7, 11) is 0. The summed E-state index contributed by atoms with van der Waals surface area (Å²) >= 11 is 1.51. The van der Waals surface area contributed by atoms with Crippen LogP contribution in [0.15, 0.2) is 64.5 Å². The molecule has 0 saturated heterocycles.